The highest BCUT2D eigenvalue weighted by atomic mass is 19.4. The first kappa shape index (κ1) is 32.3. The number of alkyl halides is 3. The fraction of sp³-hybridized carbons (Fsp3) is 0.323. The molecule has 3 rings (SSSR count). The fourth-order valence-electron chi connectivity index (χ4n) is 4.20. The van der Waals surface area contributed by atoms with Crippen LogP contribution in [0.1, 0.15) is 48.9 Å². The van der Waals surface area contributed by atoms with Crippen LogP contribution >= 0.6 is 0 Å². The topological polar surface area (TPSA) is 107 Å². The Kier molecular flexibility index (Phi) is 10.5. The minimum atomic E-state index is -4.50. The van der Waals surface area contributed by atoms with Crippen molar-refractivity contribution in [1.29, 1.82) is 5.41 Å². The monoisotopic (exact) mass is 588 g/mol. The van der Waals surface area contributed by atoms with Crippen molar-refractivity contribution in [3.05, 3.63) is 94.8 Å². The van der Waals surface area contributed by atoms with Gasteiger partial charge in [-0.15, -0.1) is 0 Å². The Morgan fingerprint density at radius 1 is 1.00 bits per heavy atom. The van der Waals surface area contributed by atoms with Crippen molar-refractivity contribution in [2.24, 2.45) is 0 Å². The van der Waals surface area contributed by atoms with E-state index in [1.165, 1.54) is 36.9 Å². The van der Waals surface area contributed by atoms with Crippen LogP contribution < -0.4 is 10.1 Å². The summed E-state index contributed by atoms with van der Waals surface area (Å²) >= 11 is 0. The number of rotatable bonds is 11. The van der Waals surface area contributed by atoms with E-state index in [1.807, 2.05) is 12.1 Å². The molecule has 0 heterocycles. The lowest BCUT2D eigenvalue weighted by molar-refractivity contribution is -0.470. The molecule has 0 aromatic heterocycles. The number of benzene rings is 3. The van der Waals surface area contributed by atoms with Crippen LogP contribution in [0.4, 0.5) is 28.0 Å². The van der Waals surface area contributed by atoms with E-state index in [1.54, 1.807) is 31.2 Å². The number of hydrogen-bond acceptors (Lipinski definition) is 4. The van der Waals surface area contributed by atoms with Crippen LogP contribution in [0.2, 0.25) is 0 Å². The summed E-state index contributed by atoms with van der Waals surface area (Å²) in [4.78, 5) is 25.8. The number of quaternary nitrogens is 1. The van der Waals surface area contributed by atoms with Crippen LogP contribution in [0.3, 0.4) is 0 Å². The summed E-state index contributed by atoms with van der Waals surface area (Å²) in [7, 11) is 0. The van der Waals surface area contributed by atoms with Crippen LogP contribution in [0.15, 0.2) is 66.7 Å². The second-order valence-corrected chi connectivity index (χ2v) is 10.4. The van der Waals surface area contributed by atoms with Gasteiger partial charge in [0.25, 0.3) is 0 Å². The molecule has 0 radical (unpaired) electrons. The van der Waals surface area contributed by atoms with E-state index in [4.69, 9.17) is 10.1 Å². The van der Waals surface area contributed by atoms with Crippen LogP contribution in [-0.2, 0) is 23.8 Å². The minimum Gasteiger partial charge on any atom is -0.478 e. The molecule has 0 aliphatic heterocycles. The van der Waals surface area contributed by atoms with Gasteiger partial charge in [-0.2, -0.15) is 13.2 Å². The standard InChI is InChI=1S/C31H33F4N3O4/c1-20-19-21(11-16-26(20)42-30(2,3)28(39)40)7-6-10-27(36)38(18-17-22-8-4-5-9-25(22)32)29(41)37-24-14-12-23(13-15-24)31(33,34)35/h4-5,8-9,11-16,19,36H,6-7,10,17-18H2,1-3H3,(H,37,41)(H,39,40)/p+1. The molecule has 0 bridgehead atoms. The Hall–Kier alpha value is -4.25. The molecule has 0 saturated carbocycles. The number of halogens is 4. The van der Waals surface area contributed by atoms with Gasteiger partial charge in [0.15, 0.2) is 5.60 Å². The van der Waals surface area contributed by atoms with Crippen LogP contribution in [0.5, 0.6) is 5.75 Å². The maximum absolute atomic E-state index is 14.2. The number of amidine groups is 1. The van der Waals surface area contributed by atoms with E-state index in [0.717, 1.165) is 28.6 Å². The van der Waals surface area contributed by atoms with E-state index < -0.39 is 35.2 Å². The summed E-state index contributed by atoms with van der Waals surface area (Å²) in [6.45, 7) is 4.74. The number of amides is 2. The molecule has 0 spiro atoms. The quantitative estimate of drug-likeness (QED) is 0.106. The molecule has 224 valence electrons. The van der Waals surface area contributed by atoms with E-state index in [0.29, 0.717) is 24.2 Å². The molecule has 0 unspecified atom stereocenters. The number of primary amides is 1. The van der Waals surface area contributed by atoms with Gasteiger partial charge in [0, 0.05) is 25.1 Å². The van der Waals surface area contributed by atoms with E-state index >= 15 is 0 Å². The molecular formula is C31H34F4N3O4+. The maximum Gasteiger partial charge on any atom is 0.426 e. The lowest BCUT2D eigenvalue weighted by atomic mass is 10.0. The fourth-order valence-corrected chi connectivity index (χ4v) is 4.20. The van der Waals surface area contributed by atoms with E-state index in [-0.39, 0.29) is 30.9 Å². The van der Waals surface area contributed by atoms with Crippen molar-refractivity contribution < 1.29 is 42.3 Å². The van der Waals surface area contributed by atoms with Crippen LogP contribution in [-0.4, -0.2) is 40.0 Å². The lowest BCUT2D eigenvalue weighted by Gasteiger charge is -2.23. The molecule has 11 heteroatoms. The number of aryl methyl sites for hydroxylation is 2. The Morgan fingerprint density at radius 3 is 2.26 bits per heavy atom. The molecule has 3 aromatic carbocycles. The predicted molar refractivity (Wildman–Crippen MR) is 149 cm³/mol. The molecule has 0 saturated heterocycles. The number of urea groups is 1. The van der Waals surface area contributed by atoms with Crippen molar-refractivity contribution in [3.8, 4) is 5.75 Å². The average Bonchev–Trinajstić information content (AvgIpc) is 2.91. The second-order valence-electron chi connectivity index (χ2n) is 10.4. The van der Waals surface area contributed by atoms with Gasteiger partial charge in [-0.05, 0) is 81.0 Å². The van der Waals surface area contributed by atoms with Gasteiger partial charge >= 0.3 is 18.2 Å². The maximum atomic E-state index is 14.2. The number of ether oxygens (including phenoxy) is 1. The van der Waals surface area contributed by atoms with Crippen LogP contribution in [0.25, 0.3) is 0 Å². The van der Waals surface area contributed by atoms with Gasteiger partial charge in [0.2, 0.25) is 0 Å². The zero-order chi connectivity index (χ0) is 31.1. The summed E-state index contributed by atoms with van der Waals surface area (Å²) in [5.74, 6) is -1.08. The number of carbonyl (C=O) groups excluding carboxylic acids is 1. The highest BCUT2D eigenvalue weighted by Crippen LogP contribution is 2.29. The molecular weight excluding hydrogens is 554 g/mol. The lowest BCUT2D eigenvalue weighted by Crippen LogP contribution is -2.86. The molecule has 42 heavy (non-hydrogen) atoms. The Bertz CT molecular complexity index is 1420. The number of hydrogen-bond donors (Lipinski definition) is 3. The molecule has 3 aromatic rings. The van der Waals surface area contributed by atoms with Gasteiger partial charge in [0.1, 0.15) is 23.1 Å². The van der Waals surface area contributed by atoms with Crippen LogP contribution in [0, 0.1) is 18.2 Å². The normalized spacial score (nSPS) is 11.7. The largest absolute Gasteiger partial charge is 0.478 e. The van der Waals surface area contributed by atoms with Crippen molar-refractivity contribution >= 4 is 23.5 Å². The summed E-state index contributed by atoms with van der Waals surface area (Å²) in [5, 5.41) is 19.1. The van der Waals surface area contributed by atoms with E-state index in [2.05, 4.69) is 0 Å². The number of carboxylic acid groups (broad SMARTS) is 1. The van der Waals surface area contributed by atoms with Gasteiger partial charge in [-0.3, -0.25) is 5.41 Å². The summed E-state index contributed by atoms with van der Waals surface area (Å²) < 4.78 is 58.6. The third-order valence-electron chi connectivity index (χ3n) is 6.68. The third kappa shape index (κ3) is 8.87. The first-order valence-electron chi connectivity index (χ1n) is 13.3. The molecule has 4 N–H and O–H groups in total. The Balaban J connectivity index is 1.67. The van der Waals surface area contributed by atoms with Gasteiger partial charge in [-0.1, -0.05) is 30.3 Å². The Morgan fingerprint density at radius 2 is 1.67 bits per heavy atom. The minimum absolute atomic E-state index is 0.000570. The number of aliphatic carboxylic acids is 1. The predicted octanol–water partition coefficient (Wildman–Crippen LogP) is 6.25. The van der Waals surface area contributed by atoms with Crippen molar-refractivity contribution in [2.45, 2.75) is 58.2 Å². The summed E-state index contributed by atoms with van der Waals surface area (Å²) in [6.07, 6.45) is -3.08. The van der Waals surface area contributed by atoms with Gasteiger partial charge in [-0.25, -0.2) is 24.2 Å². The first-order chi connectivity index (χ1) is 19.7. The van der Waals surface area contributed by atoms with Gasteiger partial charge < -0.3 is 9.84 Å². The molecule has 7 nitrogen and oxygen atoms in total. The molecule has 0 fully saturated rings. The molecule has 2 amide bonds. The first-order valence-corrected chi connectivity index (χ1v) is 13.3. The molecule has 0 aliphatic rings. The highest BCUT2D eigenvalue weighted by molar-refractivity contribution is 5.92. The molecule has 0 aliphatic carbocycles. The van der Waals surface area contributed by atoms with Crippen molar-refractivity contribution in [1.82, 2.24) is 4.90 Å². The van der Waals surface area contributed by atoms with Crippen molar-refractivity contribution in [2.75, 3.05) is 6.54 Å². The zero-order valence-electron chi connectivity index (χ0n) is 23.6. The van der Waals surface area contributed by atoms with Crippen molar-refractivity contribution in [3.63, 3.8) is 0 Å². The number of nitrogens with one attached hydrogen (secondary N) is 1. The highest BCUT2D eigenvalue weighted by Gasteiger charge is 2.31. The SMILES string of the molecule is Cc1cc(CCCC(=N)N(CCc2ccccc2F)C(=O)[NH2+]c2ccc(C(F)(F)F)cc2)ccc1OC(C)(C)C(=O)O. The van der Waals surface area contributed by atoms with E-state index in [9.17, 15) is 32.3 Å². The Labute approximate surface area is 241 Å². The number of carbonyl (C=O) groups is 2. The summed E-state index contributed by atoms with van der Waals surface area (Å²) in [6, 6.07) is 15.1. The number of nitrogens with zero attached hydrogens (tertiary/aromatic N) is 1. The number of nitrogens with two attached hydrogens (primary N) is 1. The average molecular weight is 589 g/mol. The van der Waals surface area contributed by atoms with Gasteiger partial charge in [0.05, 0.1) is 5.56 Å². The zero-order valence-corrected chi connectivity index (χ0v) is 23.6. The second kappa shape index (κ2) is 13.6. The smallest absolute Gasteiger partial charge is 0.426 e. The number of carboxylic acids is 1. The molecule has 0 atom stereocenters. The third-order valence-corrected chi connectivity index (χ3v) is 6.68. The summed E-state index contributed by atoms with van der Waals surface area (Å²) in [5.41, 5.74) is 0.0852.